The van der Waals surface area contributed by atoms with Gasteiger partial charge in [-0.3, -0.25) is 4.79 Å². The number of carbonyl (C=O) groups excluding carboxylic acids is 1. The fourth-order valence-electron chi connectivity index (χ4n) is 3.79. The van der Waals surface area contributed by atoms with E-state index < -0.39 is 6.10 Å². The van der Waals surface area contributed by atoms with Crippen molar-refractivity contribution in [3.05, 3.63) is 41.5 Å². The van der Waals surface area contributed by atoms with Gasteiger partial charge in [-0.25, -0.2) is 0 Å². The first kappa shape index (κ1) is 20.0. The second-order valence-electron chi connectivity index (χ2n) is 8.41. The number of esters is 1. The highest BCUT2D eigenvalue weighted by Crippen LogP contribution is 2.60. The van der Waals surface area contributed by atoms with E-state index in [0.717, 1.165) is 19.3 Å². The first-order valence-corrected chi connectivity index (χ1v) is 9.83. The smallest absolute Gasteiger partial charge is 0.311 e. The van der Waals surface area contributed by atoms with E-state index in [1.165, 1.54) is 5.57 Å². The first-order valence-electron chi connectivity index (χ1n) is 9.83. The molecular formula is C24H27NO3. The lowest BCUT2D eigenvalue weighted by Crippen LogP contribution is -2.17. The number of hydrogen-bond donors (Lipinski definition) is 0. The van der Waals surface area contributed by atoms with E-state index >= 15 is 0 Å². The van der Waals surface area contributed by atoms with Crippen LogP contribution in [0.1, 0.15) is 58.6 Å². The molecule has 1 fully saturated rings. The Morgan fingerprint density at radius 3 is 2.82 bits per heavy atom. The number of hydrogen-bond acceptors (Lipinski definition) is 4. The van der Waals surface area contributed by atoms with Crippen LogP contribution < -0.4 is 4.74 Å². The third-order valence-corrected chi connectivity index (χ3v) is 5.50. The number of nitrogens with zero attached hydrogens (tertiary/aromatic N) is 1. The molecule has 0 aliphatic heterocycles. The summed E-state index contributed by atoms with van der Waals surface area (Å²) >= 11 is 0. The van der Waals surface area contributed by atoms with Gasteiger partial charge in [0.25, 0.3) is 0 Å². The number of nitriles is 1. The van der Waals surface area contributed by atoms with E-state index in [-0.39, 0.29) is 29.3 Å². The van der Waals surface area contributed by atoms with Gasteiger partial charge in [0.15, 0.2) is 6.10 Å². The third kappa shape index (κ3) is 4.39. The zero-order valence-corrected chi connectivity index (χ0v) is 17.0. The molecule has 0 radical (unpaired) electrons. The van der Waals surface area contributed by atoms with E-state index in [0.29, 0.717) is 11.3 Å². The molecule has 0 N–H and O–H groups in total. The zero-order valence-electron chi connectivity index (χ0n) is 17.0. The van der Waals surface area contributed by atoms with Crippen LogP contribution in [-0.2, 0) is 9.53 Å². The topological polar surface area (TPSA) is 59.3 Å². The second kappa shape index (κ2) is 8.11. The van der Waals surface area contributed by atoms with Crippen LogP contribution in [0.5, 0.6) is 5.75 Å². The van der Waals surface area contributed by atoms with Crippen molar-refractivity contribution in [3.8, 4) is 23.7 Å². The van der Waals surface area contributed by atoms with E-state index in [1.807, 2.05) is 26.0 Å². The lowest BCUT2D eigenvalue weighted by Gasteiger charge is -2.17. The molecule has 4 nitrogen and oxygen atoms in total. The fourth-order valence-corrected chi connectivity index (χ4v) is 3.79. The van der Waals surface area contributed by atoms with Gasteiger partial charge >= 0.3 is 5.97 Å². The lowest BCUT2D eigenvalue weighted by atomic mass is 10.1. The highest BCUT2D eigenvalue weighted by molar-refractivity contribution is 5.78. The Morgan fingerprint density at radius 2 is 2.18 bits per heavy atom. The summed E-state index contributed by atoms with van der Waals surface area (Å²) in [6.45, 7) is 8.17. The van der Waals surface area contributed by atoms with Crippen molar-refractivity contribution in [2.75, 3.05) is 0 Å². The molecule has 0 aromatic heterocycles. The summed E-state index contributed by atoms with van der Waals surface area (Å²) in [4.78, 5) is 12.7. The molecule has 146 valence electrons. The molecule has 0 bridgehead atoms. The van der Waals surface area contributed by atoms with E-state index in [1.54, 1.807) is 12.1 Å². The molecule has 4 heteroatoms. The summed E-state index contributed by atoms with van der Waals surface area (Å²) in [5, 5.41) is 9.58. The number of benzene rings is 1. The Labute approximate surface area is 167 Å². The molecule has 28 heavy (non-hydrogen) atoms. The molecule has 2 aliphatic rings. The number of rotatable bonds is 6. The molecular weight excluding hydrogens is 350 g/mol. The van der Waals surface area contributed by atoms with Gasteiger partial charge in [0.05, 0.1) is 5.92 Å². The van der Waals surface area contributed by atoms with Crippen LogP contribution in [0.4, 0.5) is 0 Å². The Hall–Kier alpha value is -2.72. The Kier molecular flexibility index (Phi) is 5.80. The minimum atomic E-state index is -0.947. The maximum absolute atomic E-state index is 12.7. The van der Waals surface area contributed by atoms with E-state index in [9.17, 15) is 10.1 Å². The average Bonchev–Trinajstić information content (AvgIpc) is 3.20. The Morgan fingerprint density at radius 1 is 1.39 bits per heavy atom. The first-order chi connectivity index (χ1) is 13.3. The molecule has 3 rings (SSSR count). The van der Waals surface area contributed by atoms with Gasteiger partial charge in [-0.2, -0.15) is 5.26 Å². The summed E-state index contributed by atoms with van der Waals surface area (Å²) < 4.78 is 11.5. The quantitative estimate of drug-likeness (QED) is 0.399. The number of allylic oxidation sites excluding steroid dienone is 2. The minimum Gasteiger partial charge on any atom is -0.478 e. The molecule has 0 saturated heterocycles. The van der Waals surface area contributed by atoms with E-state index in [4.69, 9.17) is 9.47 Å². The maximum atomic E-state index is 12.7. The lowest BCUT2D eigenvalue weighted by molar-refractivity contribution is -0.149. The zero-order chi connectivity index (χ0) is 20.3. The van der Waals surface area contributed by atoms with Crippen LogP contribution >= 0.6 is 0 Å². The van der Waals surface area contributed by atoms with Crippen LogP contribution in [0.25, 0.3) is 0 Å². The van der Waals surface area contributed by atoms with Gasteiger partial charge in [0.1, 0.15) is 11.8 Å². The normalized spacial score (nSPS) is 25.3. The van der Waals surface area contributed by atoms with Crippen molar-refractivity contribution in [2.45, 2.75) is 59.2 Å². The molecule has 0 spiro atoms. The maximum Gasteiger partial charge on any atom is 0.311 e. The predicted molar refractivity (Wildman–Crippen MR) is 107 cm³/mol. The molecule has 2 aliphatic carbocycles. The summed E-state index contributed by atoms with van der Waals surface area (Å²) in [5.74, 6) is 6.43. The molecule has 4 atom stereocenters. The SMILES string of the molecule is CC(C)=C[C@H]1[C@@H](C(=O)O[C@H](C#N)c2cccc(OC3C#CCCC3)c2)C1(C)C. The summed E-state index contributed by atoms with van der Waals surface area (Å²) in [7, 11) is 0. The van der Waals surface area contributed by atoms with Gasteiger partial charge in [-0.1, -0.05) is 49.5 Å². The predicted octanol–water partition coefficient (Wildman–Crippen LogP) is 4.97. The molecule has 1 unspecified atom stereocenters. The van der Waals surface area contributed by atoms with Gasteiger partial charge in [-0.05, 0) is 50.2 Å². The van der Waals surface area contributed by atoms with Crippen molar-refractivity contribution in [2.24, 2.45) is 17.3 Å². The van der Waals surface area contributed by atoms with Gasteiger partial charge in [0, 0.05) is 12.0 Å². The van der Waals surface area contributed by atoms with Crippen molar-refractivity contribution in [1.29, 1.82) is 5.26 Å². The summed E-state index contributed by atoms with van der Waals surface area (Å²) in [6, 6.07) is 9.30. The molecule has 1 aromatic rings. The van der Waals surface area contributed by atoms with Gasteiger partial charge in [0.2, 0.25) is 6.10 Å². The highest BCUT2D eigenvalue weighted by atomic mass is 16.5. The Bertz CT molecular complexity index is 877. The minimum absolute atomic E-state index is 0.121. The molecule has 0 amide bonds. The van der Waals surface area contributed by atoms with Crippen LogP contribution in [0, 0.1) is 40.4 Å². The monoisotopic (exact) mass is 377 g/mol. The average molecular weight is 377 g/mol. The molecule has 1 aromatic carbocycles. The van der Waals surface area contributed by atoms with Crippen LogP contribution in [0.2, 0.25) is 0 Å². The second-order valence-corrected chi connectivity index (χ2v) is 8.41. The standard InChI is InChI=1S/C24H27NO3/c1-16(2)13-20-22(24(20,3)4)23(26)28-21(15-25)17-9-8-12-19(14-17)27-18-10-6-5-7-11-18/h8-9,12-14,18,20-22H,5-6,10H2,1-4H3/t18?,20-,21+,22-/m0/s1. The van der Waals surface area contributed by atoms with Crippen LogP contribution in [0.3, 0.4) is 0 Å². The number of carbonyl (C=O) groups is 1. The van der Waals surface area contributed by atoms with Crippen molar-refractivity contribution < 1.29 is 14.3 Å². The fraction of sp³-hybridized carbons (Fsp3) is 0.500. The Balaban J connectivity index is 1.69. The third-order valence-electron chi connectivity index (χ3n) is 5.50. The van der Waals surface area contributed by atoms with Crippen molar-refractivity contribution in [1.82, 2.24) is 0 Å². The van der Waals surface area contributed by atoms with Gasteiger partial charge in [-0.15, -0.1) is 0 Å². The molecule has 0 heterocycles. The van der Waals surface area contributed by atoms with Crippen molar-refractivity contribution in [3.63, 3.8) is 0 Å². The summed E-state index contributed by atoms with van der Waals surface area (Å²) in [5.41, 5.74) is 1.66. The largest absolute Gasteiger partial charge is 0.478 e. The van der Waals surface area contributed by atoms with Crippen LogP contribution in [-0.4, -0.2) is 12.1 Å². The van der Waals surface area contributed by atoms with Crippen molar-refractivity contribution >= 4 is 5.97 Å². The highest BCUT2D eigenvalue weighted by Gasteiger charge is 2.61. The van der Waals surface area contributed by atoms with E-state index in [2.05, 4.69) is 37.8 Å². The molecule has 1 saturated carbocycles. The van der Waals surface area contributed by atoms with Crippen LogP contribution in [0.15, 0.2) is 35.9 Å². The number of ether oxygens (including phenoxy) is 2. The van der Waals surface area contributed by atoms with Gasteiger partial charge < -0.3 is 9.47 Å². The summed E-state index contributed by atoms with van der Waals surface area (Å²) in [6.07, 6.45) is 3.89.